The lowest BCUT2D eigenvalue weighted by Crippen LogP contribution is -2.40. The highest BCUT2D eigenvalue weighted by molar-refractivity contribution is 9.10. The predicted molar refractivity (Wildman–Crippen MR) is 71.7 cm³/mol. The van der Waals surface area contributed by atoms with Crippen molar-refractivity contribution in [1.29, 1.82) is 0 Å². The molecule has 1 saturated heterocycles. The number of nitrogens with one attached hydrogen (secondary N) is 1. The van der Waals surface area contributed by atoms with Gasteiger partial charge in [-0.15, -0.1) is 0 Å². The van der Waals surface area contributed by atoms with E-state index in [0.29, 0.717) is 5.69 Å². The smallest absolute Gasteiger partial charge is 0.325 e. The molecular weight excluding hydrogens is 298 g/mol. The van der Waals surface area contributed by atoms with Gasteiger partial charge in [0.25, 0.3) is 5.91 Å². The Morgan fingerprint density at radius 3 is 2.50 bits per heavy atom. The number of nitrogens with two attached hydrogens (primary N) is 1. The topological polar surface area (TPSA) is 75.4 Å². The number of carbonyl (C=O) groups excluding carboxylic acids is 2. The van der Waals surface area contributed by atoms with Crippen molar-refractivity contribution in [3.63, 3.8) is 0 Å². The number of carbonyl (C=O) groups is 2. The molecule has 1 fully saturated rings. The van der Waals surface area contributed by atoms with Gasteiger partial charge in [0.2, 0.25) is 0 Å². The fourth-order valence-corrected chi connectivity index (χ4v) is 2.47. The molecule has 0 aromatic heterocycles. The molecule has 1 aliphatic rings. The molecule has 3 amide bonds. The van der Waals surface area contributed by atoms with Gasteiger partial charge in [-0.3, -0.25) is 9.69 Å². The normalized spacial score (nSPS) is 18.1. The number of anilines is 1. The summed E-state index contributed by atoms with van der Waals surface area (Å²) < 4.78 is 0.823. The van der Waals surface area contributed by atoms with E-state index in [1.54, 1.807) is 26.0 Å². The van der Waals surface area contributed by atoms with Gasteiger partial charge in [0, 0.05) is 10.2 Å². The van der Waals surface area contributed by atoms with Crippen LogP contribution in [0.2, 0.25) is 0 Å². The molecule has 18 heavy (non-hydrogen) atoms. The van der Waals surface area contributed by atoms with E-state index in [0.717, 1.165) is 10.0 Å². The highest BCUT2D eigenvalue weighted by Crippen LogP contribution is 2.22. The minimum atomic E-state index is -0.839. The Kier molecular flexibility index (Phi) is 3.06. The van der Waals surface area contributed by atoms with E-state index in [9.17, 15) is 9.59 Å². The van der Waals surface area contributed by atoms with E-state index < -0.39 is 5.54 Å². The van der Waals surface area contributed by atoms with Gasteiger partial charge in [0.1, 0.15) is 5.54 Å². The number of hydrogen-bond acceptors (Lipinski definition) is 3. The zero-order chi connectivity index (χ0) is 13.5. The Morgan fingerprint density at radius 1 is 1.33 bits per heavy atom. The van der Waals surface area contributed by atoms with Crippen LogP contribution in [0.25, 0.3) is 0 Å². The molecule has 0 unspecified atom stereocenters. The first-order valence-electron chi connectivity index (χ1n) is 5.48. The summed E-state index contributed by atoms with van der Waals surface area (Å²) in [6.07, 6.45) is 0. The minimum Gasteiger partial charge on any atom is -0.399 e. The third-order valence-electron chi connectivity index (χ3n) is 2.76. The minimum absolute atomic E-state index is 0.220. The number of amides is 3. The second-order valence-corrected chi connectivity index (χ2v) is 5.75. The third kappa shape index (κ3) is 2.33. The number of benzene rings is 1. The second kappa shape index (κ2) is 4.28. The molecule has 3 N–H and O–H groups in total. The van der Waals surface area contributed by atoms with Crippen molar-refractivity contribution in [2.24, 2.45) is 0 Å². The van der Waals surface area contributed by atoms with Gasteiger partial charge in [-0.05, 0) is 37.6 Å². The maximum absolute atomic E-state index is 12.0. The van der Waals surface area contributed by atoms with Crippen LogP contribution in [-0.4, -0.2) is 22.4 Å². The Morgan fingerprint density at radius 2 is 2.00 bits per heavy atom. The van der Waals surface area contributed by atoms with E-state index in [1.165, 1.54) is 4.90 Å². The fraction of sp³-hybridized carbons (Fsp3) is 0.333. The number of nitrogen functional groups attached to an aromatic ring is 1. The van der Waals surface area contributed by atoms with E-state index in [4.69, 9.17) is 5.73 Å². The lowest BCUT2D eigenvalue weighted by atomic mass is 10.1. The van der Waals surface area contributed by atoms with Crippen molar-refractivity contribution < 1.29 is 9.59 Å². The summed E-state index contributed by atoms with van der Waals surface area (Å²) in [5.41, 5.74) is 6.28. The van der Waals surface area contributed by atoms with Gasteiger partial charge in [0.05, 0.1) is 6.54 Å². The van der Waals surface area contributed by atoms with Crippen molar-refractivity contribution in [3.05, 3.63) is 28.2 Å². The first kappa shape index (κ1) is 12.9. The summed E-state index contributed by atoms with van der Waals surface area (Å²) in [5.74, 6) is -0.231. The van der Waals surface area contributed by atoms with Gasteiger partial charge >= 0.3 is 6.03 Å². The Balaban J connectivity index is 2.24. The van der Waals surface area contributed by atoms with E-state index in [2.05, 4.69) is 21.2 Å². The number of imide groups is 1. The summed E-state index contributed by atoms with van der Waals surface area (Å²) in [6.45, 7) is 3.59. The largest absolute Gasteiger partial charge is 0.399 e. The molecule has 0 saturated carbocycles. The molecule has 1 aromatic rings. The molecule has 1 heterocycles. The first-order chi connectivity index (χ1) is 8.29. The van der Waals surface area contributed by atoms with Crippen LogP contribution in [0.15, 0.2) is 22.7 Å². The number of nitrogens with zero attached hydrogens (tertiary/aromatic N) is 1. The van der Waals surface area contributed by atoms with E-state index in [1.807, 2.05) is 6.07 Å². The van der Waals surface area contributed by atoms with Gasteiger partial charge in [-0.1, -0.05) is 15.9 Å². The monoisotopic (exact) mass is 311 g/mol. The Bertz CT molecular complexity index is 508. The van der Waals surface area contributed by atoms with Crippen LogP contribution in [0.1, 0.15) is 19.4 Å². The first-order valence-corrected chi connectivity index (χ1v) is 6.28. The lowest BCUT2D eigenvalue weighted by Gasteiger charge is -2.16. The fourth-order valence-electron chi connectivity index (χ4n) is 1.91. The molecule has 0 radical (unpaired) electrons. The summed E-state index contributed by atoms with van der Waals surface area (Å²) in [5, 5.41) is 2.64. The zero-order valence-electron chi connectivity index (χ0n) is 10.2. The van der Waals surface area contributed by atoms with Gasteiger partial charge < -0.3 is 11.1 Å². The number of hydrogen-bond donors (Lipinski definition) is 2. The average molecular weight is 312 g/mol. The zero-order valence-corrected chi connectivity index (χ0v) is 11.7. The van der Waals surface area contributed by atoms with Gasteiger partial charge in [-0.25, -0.2) is 4.79 Å². The van der Waals surface area contributed by atoms with Crippen molar-refractivity contribution in [2.75, 3.05) is 5.73 Å². The molecule has 2 rings (SSSR count). The molecule has 1 aromatic carbocycles. The van der Waals surface area contributed by atoms with Crippen molar-refractivity contribution in [1.82, 2.24) is 10.2 Å². The predicted octanol–water partition coefficient (Wildman–Crippen LogP) is 1.86. The summed E-state index contributed by atoms with van der Waals surface area (Å²) in [6, 6.07) is 4.97. The van der Waals surface area contributed by atoms with Gasteiger partial charge in [0.15, 0.2) is 0 Å². The maximum atomic E-state index is 12.0. The molecule has 1 aliphatic heterocycles. The summed E-state index contributed by atoms with van der Waals surface area (Å²) in [7, 11) is 0. The molecule has 96 valence electrons. The van der Waals surface area contributed by atoms with E-state index >= 15 is 0 Å². The van der Waals surface area contributed by atoms with Crippen LogP contribution < -0.4 is 11.1 Å². The molecule has 0 atom stereocenters. The maximum Gasteiger partial charge on any atom is 0.325 e. The molecule has 5 nitrogen and oxygen atoms in total. The molecule has 6 heteroatoms. The lowest BCUT2D eigenvalue weighted by molar-refractivity contribution is -0.130. The highest BCUT2D eigenvalue weighted by atomic mass is 79.9. The second-order valence-electron chi connectivity index (χ2n) is 4.84. The average Bonchev–Trinajstić information content (AvgIpc) is 2.39. The summed E-state index contributed by atoms with van der Waals surface area (Å²) >= 11 is 3.33. The molecule has 0 bridgehead atoms. The number of rotatable bonds is 2. The molecular formula is C12H14BrN3O2. The third-order valence-corrected chi connectivity index (χ3v) is 3.22. The highest BCUT2D eigenvalue weighted by Gasteiger charge is 2.44. The van der Waals surface area contributed by atoms with Crippen LogP contribution in [-0.2, 0) is 11.3 Å². The molecule has 0 aliphatic carbocycles. The van der Waals surface area contributed by atoms with Crippen molar-refractivity contribution in [3.8, 4) is 0 Å². The molecule has 0 spiro atoms. The van der Waals surface area contributed by atoms with Crippen molar-refractivity contribution >= 4 is 33.6 Å². The standard InChI is InChI=1S/C12H14BrN3O2/c1-12(2)10(17)16(11(18)15-12)6-7-3-8(13)5-9(14)4-7/h3-5H,6,14H2,1-2H3,(H,15,18). The van der Waals surface area contributed by atoms with Crippen molar-refractivity contribution in [2.45, 2.75) is 25.9 Å². The Hall–Kier alpha value is -1.56. The Labute approximate surface area is 113 Å². The van der Waals surface area contributed by atoms with E-state index in [-0.39, 0.29) is 18.5 Å². The van der Waals surface area contributed by atoms with Crippen LogP contribution in [0.4, 0.5) is 10.5 Å². The SMILES string of the molecule is CC1(C)NC(=O)N(Cc2cc(N)cc(Br)c2)C1=O. The number of halogens is 1. The van der Waals surface area contributed by atoms with Gasteiger partial charge in [-0.2, -0.15) is 0 Å². The summed E-state index contributed by atoms with van der Waals surface area (Å²) in [4.78, 5) is 24.9. The van der Waals surface area contributed by atoms with Crippen LogP contribution in [0.3, 0.4) is 0 Å². The van der Waals surface area contributed by atoms with Crippen LogP contribution in [0, 0.1) is 0 Å². The van der Waals surface area contributed by atoms with Crippen LogP contribution in [0.5, 0.6) is 0 Å². The quantitative estimate of drug-likeness (QED) is 0.646. The number of urea groups is 1. The van der Waals surface area contributed by atoms with Crippen LogP contribution >= 0.6 is 15.9 Å².